The van der Waals surface area contributed by atoms with E-state index in [-0.39, 0.29) is 19.2 Å². The molecule has 4 N–H and O–H groups in total. The molecule has 9 nitrogen and oxygen atoms in total. The van der Waals surface area contributed by atoms with Crippen LogP contribution in [0.2, 0.25) is 0 Å². The monoisotopic (exact) mass is 797 g/mol. The number of aliphatic hydroxyl groups is 4. The Hall–Kier alpha value is -1.33. The van der Waals surface area contributed by atoms with E-state index in [2.05, 4.69) is 38.2 Å². The Bertz CT molecular complexity index is 910. The van der Waals surface area contributed by atoms with Crippen LogP contribution in [0.3, 0.4) is 0 Å². The van der Waals surface area contributed by atoms with Crippen molar-refractivity contribution in [3.05, 3.63) is 24.3 Å². The van der Waals surface area contributed by atoms with Crippen LogP contribution in [0, 0.1) is 0 Å². The second-order valence-electron chi connectivity index (χ2n) is 16.2. The van der Waals surface area contributed by atoms with Gasteiger partial charge in [-0.2, -0.15) is 0 Å². The van der Waals surface area contributed by atoms with Crippen LogP contribution in [-0.2, 0) is 23.7 Å². The second-order valence-corrected chi connectivity index (χ2v) is 16.2. The molecule has 6 unspecified atom stereocenters. The molecule has 6 atom stereocenters. The average molecular weight is 797 g/mol. The highest BCUT2D eigenvalue weighted by Crippen LogP contribution is 2.23. The Morgan fingerprint density at radius 1 is 0.571 bits per heavy atom. The normalized spacial score (nSPS) is 20.7. The summed E-state index contributed by atoms with van der Waals surface area (Å²) >= 11 is 0. The van der Waals surface area contributed by atoms with Crippen molar-refractivity contribution in [1.82, 2.24) is 0 Å². The zero-order valence-electron chi connectivity index (χ0n) is 36.1. The minimum absolute atomic E-state index is 0.113. The number of hydrogen-bond acceptors (Lipinski definition) is 9. The summed E-state index contributed by atoms with van der Waals surface area (Å²) in [5, 5.41) is 40.1. The first kappa shape index (κ1) is 52.7. The van der Waals surface area contributed by atoms with Gasteiger partial charge in [0.05, 0.1) is 19.8 Å². The molecule has 0 radical (unpaired) electrons. The molecule has 0 bridgehead atoms. The molecule has 0 aromatic heterocycles. The largest absolute Gasteiger partial charge is 0.457 e. The number of esters is 1. The summed E-state index contributed by atoms with van der Waals surface area (Å²) in [6.45, 7) is 4.55. The minimum atomic E-state index is -1.53. The summed E-state index contributed by atoms with van der Waals surface area (Å²) in [5.41, 5.74) is 0. The number of ether oxygens (including phenoxy) is 4. The van der Waals surface area contributed by atoms with Crippen LogP contribution >= 0.6 is 0 Å². The molecule has 330 valence electrons. The lowest BCUT2D eigenvalue weighted by molar-refractivity contribution is -0.305. The van der Waals surface area contributed by atoms with Crippen LogP contribution in [-0.4, -0.2) is 89.6 Å². The van der Waals surface area contributed by atoms with E-state index in [1.165, 1.54) is 141 Å². The van der Waals surface area contributed by atoms with Gasteiger partial charge in [-0.3, -0.25) is 4.79 Å². The van der Waals surface area contributed by atoms with Crippen LogP contribution in [0.4, 0.5) is 0 Å². The second kappa shape index (κ2) is 39.1. The van der Waals surface area contributed by atoms with Gasteiger partial charge in [0.25, 0.3) is 0 Å². The van der Waals surface area contributed by atoms with Gasteiger partial charge in [0.15, 0.2) is 6.29 Å². The Morgan fingerprint density at radius 2 is 1.04 bits per heavy atom. The van der Waals surface area contributed by atoms with E-state index in [0.29, 0.717) is 13.0 Å². The summed E-state index contributed by atoms with van der Waals surface area (Å²) in [5.74, 6) is -0.319. The molecule has 0 spiro atoms. The lowest BCUT2D eigenvalue weighted by atomic mass is 9.99. The molecule has 1 rings (SSSR count). The van der Waals surface area contributed by atoms with Gasteiger partial charge in [0.1, 0.15) is 30.5 Å². The van der Waals surface area contributed by atoms with E-state index in [0.717, 1.165) is 44.9 Å². The van der Waals surface area contributed by atoms with E-state index < -0.39 is 43.4 Å². The van der Waals surface area contributed by atoms with Crippen molar-refractivity contribution in [3.8, 4) is 0 Å². The number of rotatable bonds is 40. The van der Waals surface area contributed by atoms with Crippen LogP contribution in [0.25, 0.3) is 0 Å². The van der Waals surface area contributed by atoms with Gasteiger partial charge in [0, 0.05) is 13.0 Å². The molecule has 0 saturated carbocycles. The molecule has 0 aliphatic carbocycles. The molecule has 1 fully saturated rings. The number of hydrogen-bond donors (Lipinski definition) is 4. The van der Waals surface area contributed by atoms with E-state index >= 15 is 0 Å². The standard InChI is InChI=1S/C47H88O9/c1-3-5-7-9-11-13-15-17-19-21-22-24-26-28-30-32-34-36-43(49)55-41(40-54-47-46(52)45(51)44(50)42(38-48)56-47)39-53-37-35-33-31-29-27-25-23-20-18-16-14-12-10-8-6-4-2/h11,13,17,19,41-42,44-48,50-52H,3-10,12,14-16,18,20-40H2,1-2H3/b13-11-,19-17-. The smallest absolute Gasteiger partial charge is 0.306 e. The molecule has 9 heteroatoms. The molecule has 0 amide bonds. The zero-order chi connectivity index (χ0) is 40.7. The minimum Gasteiger partial charge on any atom is -0.457 e. The van der Waals surface area contributed by atoms with Crippen molar-refractivity contribution in [2.75, 3.05) is 26.4 Å². The van der Waals surface area contributed by atoms with Crippen molar-refractivity contribution in [2.24, 2.45) is 0 Å². The van der Waals surface area contributed by atoms with Crippen LogP contribution in [0.5, 0.6) is 0 Å². The predicted molar refractivity (Wildman–Crippen MR) is 229 cm³/mol. The van der Waals surface area contributed by atoms with E-state index in [4.69, 9.17) is 18.9 Å². The number of carbonyl (C=O) groups excluding carboxylic acids is 1. The maximum Gasteiger partial charge on any atom is 0.306 e. The van der Waals surface area contributed by atoms with Crippen molar-refractivity contribution in [1.29, 1.82) is 0 Å². The van der Waals surface area contributed by atoms with E-state index in [1.807, 2.05) is 0 Å². The number of unbranched alkanes of at least 4 members (excludes halogenated alkanes) is 25. The third-order valence-electron chi connectivity index (χ3n) is 10.9. The van der Waals surface area contributed by atoms with Crippen LogP contribution in [0.1, 0.15) is 206 Å². The highest BCUT2D eigenvalue weighted by molar-refractivity contribution is 5.69. The van der Waals surface area contributed by atoms with Gasteiger partial charge in [-0.05, 0) is 44.9 Å². The molecular weight excluding hydrogens is 709 g/mol. The summed E-state index contributed by atoms with van der Waals surface area (Å²) in [6, 6.07) is 0. The summed E-state index contributed by atoms with van der Waals surface area (Å²) in [6.07, 6.45) is 37.7. The van der Waals surface area contributed by atoms with Gasteiger partial charge in [-0.15, -0.1) is 0 Å². The molecule has 1 saturated heterocycles. The molecule has 56 heavy (non-hydrogen) atoms. The Morgan fingerprint density at radius 3 is 1.57 bits per heavy atom. The lowest BCUT2D eigenvalue weighted by Crippen LogP contribution is -2.59. The van der Waals surface area contributed by atoms with Gasteiger partial charge in [0.2, 0.25) is 0 Å². The van der Waals surface area contributed by atoms with Gasteiger partial charge in [-0.25, -0.2) is 0 Å². The number of allylic oxidation sites excluding steroid dienone is 4. The summed E-state index contributed by atoms with van der Waals surface area (Å²) in [4.78, 5) is 12.8. The fourth-order valence-corrected chi connectivity index (χ4v) is 7.17. The molecule has 0 aromatic rings. The fourth-order valence-electron chi connectivity index (χ4n) is 7.17. The highest BCUT2D eigenvalue weighted by atomic mass is 16.7. The maximum absolute atomic E-state index is 12.8. The van der Waals surface area contributed by atoms with Crippen molar-refractivity contribution < 1.29 is 44.2 Å². The first-order valence-electron chi connectivity index (χ1n) is 23.4. The van der Waals surface area contributed by atoms with Gasteiger partial charge in [-0.1, -0.05) is 179 Å². The maximum atomic E-state index is 12.8. The van der Waals surface area contributed by atoms with E-state index in [9.17, 15) is 25.2 Å². The SMILES string of the molecule is CCCCC/C=C\C/C=C\CCCCCCCCCC(=O)OC(COCCCCCCCCCCCCCCCCCC)COC1OC(CO)C(O)C(O)C1O. The Labute approximate surface area is 343 Å². The number of aliphatic hydroxyl groups excluding tert-OH is 4. The third-order valence-corrected chi connectivity index (χ3v) is 10.9. The van der Waals surface area contributed by atoms with Gasteiger partial charge < -0.3 is 39.4 Å². The predicted octanol–water partition coefficient (Wildman–Crippen LogP) is 10.6. The third kappa shape index (κ3) is 29.8. The molecular formula is C47H88O9. The summed E-state index contributed by atoms with van der Waals surface area (Å²) in [7, 11) is 0. The average Bonchev–Trinajstić information content (AvgIpc) is 3.20. The Kier molecular flexibility index (Phi) is 36.8. The Balaban J connectivity index is 2.25. The van der Waals surface area contributed by atoms with Gasteiger partial charge >= 0.3 is 5.97 Å². The zero-order valence-corrected chi connectivity index (χ0v) is 36.1. The lowest BCUT2D eigenvalue weighted by Gasteiger charge is -2.39. The first-order chi connectivity index (χ1) is 27.4. The molecule has 1 heterocycles. The summed E-state index contributed by atoms with van der Waals surface area (Å²) < 4.78 is 22.8. The topological polar surface area (TPSA) is 135 Å². The quantitative estimate of drug-likeness (QED) is 0.0271. The van der Waals surface area contributed by atoms with E-state index in [1.54, 1.807) is 0 Å². The van der Waals surface area contributed by atoms with Crippen LogP contribution in [0.15, 0.2) is 24.3 Å². The molecule has 1 aliphatic rings. The fraction of sp³-hybridized carbons (Fsp3) is 0.894. The van der Waals surface area contributed by atoms with Crippen LogP contribution < -0.4 is 0 Å². The molecule has 1 aliphatic heterocycles. The number of carbonyl (C=O) groups is 1. The van der Waals surface area contributed by atoms with Crippen molar-refractivity contribution in [2.45, 2.75) is 243 Å². The molecule has 0 aromatic carbocycles. The first-order valence-corrected chi connectivity index (χ1v) is 23.4. The van der Waals surface area contributed by atoms with Crippen molar-refractivity contribution in [3.63, 3.8) is 0 Å². The van der Waals surface area contributed by atoms with Crippen molar-refractivity contribution >= 4 is 5.97 Å². The highest BCUT2D eigenvalue weighted by Gasteiger charge is 2.44.